The highest BCUT2D eigenvalue weighted by Crippen LogP contribution is 2.11. The van der Waals surface area contributed by atoms with Crippen LogP contribution >= 0.6 is 0 Å². The third kappa shape index (κ3) is 4.88. The van der Waals surface area contributed by atoms with Crippen LogP contribution in [0.2, 0.25) is 0 Å². The van der Waals surface area contributed by atoms with E-state index in [1.54, 1.807) is 6.92 Å². The highest BCUT2D eigenvalue weighted by molar-refractivity contribution is 5.94. The van der Waals surface area contributed by atoms with Crippen molar-refractivity contribution in [2.45, 2.75) is 27.2 Å². The van der Waals surface area contributed by atoms with Gasteiger partial charge in [0.1, 0.15) is 0 Å². The topological polar surface area (TPSA) is 32.3 Å². The van der Waals surface area contributed by atoms with E-state index >= 15 is 0 Å². The molecule has 0 saturated heterocycles. The maximum atomic E-state index is 11.3. The van der Waals surface area contributed by atoms with Crippen molar-refractivity contribution in [2.24, 2.45) is 0 Å². The monoisotopic (exact) mass is 248 g/mol. The molecule has 0 unspecified atom stereocenters. The van der Waals surface area contributed by atoms with Crippen LogP contribution in [-0.2, 0) is 0 Å². The fraction of sp³-hybridized carbons (Fsp3) is 0.533. The predicted octanol–water partition coefficient (Wildman–Crippen LogP) is 3.03. The van der Waals surface area contributed by atoms with Gasteiger partial charge in [0.2, 0.25) is 0 Å². The number of hydrogen-bond donors (Lipinski definition) is 1. The third-order valence-corrected chi connectivity index (χ3v) is 3.14. The first-order chi connectivity index (χ1) is 8.67. The van der Waals surface area contributed by atoms with Gasteiger partial charge in [-0.2, -0.15) is 0 Å². The molecule has 18 heavy (non-hydrogen) atoms. The maximum Gasteiger partial charge on any atom is 0.159 e. The first kappa shape index (κ1) is 14.7. The minimum absolute atomic E-state index is 0.113. The predicted molar refractivity (Wildman–Crippen MR) is 77.3 cm³/mol. The van der Waals surface area contributed by atoms with Gasteiger partial charge in [0, 0.05) is 17.8 Å². The number of Topliss-reactive ketones (excluding diaryl/α,β-unsaturated/α-hetero) is 1. The number of ketones is 1. The van der Waals surface area contributed by atoms with E-state index in [2.05, 4.69) is 24.1 Å². The summed E-state index contributed by atoms with van der Waals surface area (Å²) < 4.78 is 0. The van der Waals surface area contributed by atoms with Crippen molar-refractivity contribution >= 4 is 11.5 Å². The molecule has 1 aromatic rings. The molecule has 0 aliphatic heterocycles. The smallest absolute Gasteiger partial charge is 0.159 e. The number of carbonyl (C=O) groups excluding carboxylic acids is 1. The fourth-order valence-corrected chi connectivity index (χ4v) is 1.92. The average Bonchev–Trinajstić information content (AvgIpc) is 2.39. The van der Waals surface area contributed by atoms with Crippen LogP contribution in [0.25, 0.3) is 0 Å². The molecular weight excluding hydrogens is 224 g/mol. The zero-order valence-corrected chi connectivity index (χ0v) is 11.7. The summed E-state index contributed by atoms with van der Waals surface area (Å²) >= 11 is 0. The van der Waals surface area contributed by atoms with E-state index in [4.69, 9.17) is 0 Å². The normalized spacial score (nSPS) is 10.7. The number of hydrogen-bond acceptors (Lipinski definition) is 3. The van der Waals surface area contributed by atoms with Crippen LogP contribution < -0.4 is 5.32 Å². The third-order valence-electron chi connectivity index (χ3n) is 3.14. The molecule has 0 atom stereocenters. The van der Waals surface area contributed by atoms with Gasteiger partial charge >= 0.3 is 0 Å². The van der Waals surface area contributed by atoms with Crippen molar-refractivity contribution in [3.63, 3.8) is 0 Å². The van der Waals surface area contributed by atoms with Crippen molar-refractivity contribution in [2.75, 3.05) is 31.5 Å². The Labute approximate surface area is 110 Å². The van der Waals surface area contributed by atoms with Gasteiger partial charge in [-0.3, -0.25) is 4.79 Å². The van der Waals surface area contributed by atoms with Crippen LogP contribution in [0.15, 0.2) is 24.3 Å². The highest BCUT2D eigenvalue weighted by atomic mass is 16.1. The summed E-state index contributed by atoms with van der Waals surface area (Å²) in [6.07, 6.45) is 1.12. The number of nitrogens with one attached hydrogen (secondary N) is 1. The standard InChI is InChI=1S/C15H24N2O/c1-4-17(5-2)11-7-10-16-15-9-6-8-14(12-15)13(3)18/h6,8-9,12,16H,4-5,7,10-11H2,1-3H3. The van der Waals surface area contributed by atoms with Gasteiger partial charge in [-0.15, -0.1) is 0 Å². The Morgan fingerprint density at radius 3 is 2.61 bits per heavy atom. The van der Waals surface area contributed by atoms with Gasteiger partial charge in [0.05, 0.1) is 0 Å². The van der Waals surface area contributed by atoms with Crippen LogP contribution in [0.1, 0.15) is 37.6 Å². The Hall–Kier alpha value is -1.35. The molecule has 1 rings (SSSR count). The molecule has 0 aliphatic rings. The van der Waals surface area contributed by atoms with E-state index in [0.29, 0.717) is 0 Å². The van der Waals surface area contributed by atoms with Crippen molar-refractivity contribution in [1.29, 1.82) is 0 Å². The Morgan fingerprint density at radius 2 is 2.00 bits per heavy atom. The fourth-order valence-electron chi connectivity index (χ4n) is 1.92. The highest BCUT2D eigenvalue weighted by Gasteiger charge is 2.01. The van der Waals surface area contributed by atoms with Crippen molar-refractivity contribution < 1.29 is 4.79 Å². The van der Waals surface area contributed by atoms with Crippen molar-refractivity contribution in [1.82, 2.24) is 4.90 Å². The second kappa shape index (κ2) is 7.88. The second-order valence-electron chi connectivity index (χ2n) is 4.44. The molecule has 0 fully saturated rings. The Kier molecular flexibility index (Phi) is 6.44. The number of rotatable bonds is 8. The maximum absolute atomic E-state index is 11.3. The van der Waals surface area contributed by atoms with Crippen molar-refractivity contribution in [3.05, 3.63) is 29.8 Å². The van der Waals surface area contributed by atoms with Gasteiger partial charge in [-0.25, -0.2) is 0 Å². The largest absolute Gasteiger partial charge is 0.385 e. The molecule has 3 heteroatoms. The van der Waals surface area contributed by atoms with Gasteiger partial charge in [-0.05, 0) is 45.1 Å². The molecule has 0 bridgehead atoms. The molecule has 0 aliphatic carbocycles. The zero-order valence-electron chi connectivity index (χ0n) is 11.7. The summed E-state index contributed by atoms with van der Waals surface area (Å²) in [7, 11) is 0. The summed E-state index contributed by atoms with van der Waals surface area (Å²) in [6, 6.07) is 7.69. The molecule has 3 nitrogen and oxygen atoms in total. The average molecular weight is 248 g/mol. The number of anilines is 1. The van der Waals surface area contributed by atoms with Gasteiger partial charge in [0.25, 0.3) is 0 Å². The summed E-state index contributed by atoms with van der Waals surface area (Å²) in [5, 5.41) is 3.36. The Balaban J connectivity index is 2.35. The molecular formula is C15H24N2O. The van der Waals surface area contributed by atoms with Gasteiger partial charge < -0.3 is 10.2 Å². The van der Waals surface area contributed by atoms with Crippen LogP contribution in [0, 0.1) is 0 Å². The van der Waals surface area contributed by atoms with E-state index in [1.165, 1.54) is 0 Å². The summed E-state index contributed by atoms with van der Waals surface area (Å²) in [6.45, 7) is 10.2. The lowest BCUT2D eigenvalue weighted by Gasteiger charge is -2.18. The van der Waals surface area contributed by atoms with Crippen LogP contribution in [-0.4, -0.2) is 36.9 Å². The first-order valence-electron chi connectivity index (χ1n) is 6.74. The van der Waals surface area contributed by atoms with Crippen molar-refractivity contribution in [3.8, 4) is 0 Å². The Morgan fingerprint density at radius 1 is 1.28 bits per heavy atom. The minimum atomic E-state index is 0.113. The van der Waals surface area contributed by atoms with Crippen LogP contribution in [0.3, 0.4) is 0 Å². The van der Waals surface area contributed by atoms with E-state index in [0.717, 1.165) is 43.9 Å². The van der Waals surface area contributed by atoms with Crippen LogP contribution in [0.5, 0.6) is 0 Å². The molecule has 0 heterocycles. The van der Waals surface area contributed by atoms with E-state index in [9.17, 15) is 4.79 Å². The first-order valence-corrected chi connectivity index (χ1v) is 6.74. The molecule has 0 amide bonds. The van der Waals surface area contributed by atoms with Gasteiger partial charge in [-0.1, -0.05) is 26.0 Å². The molecule has 100 valence electrons. The zero-order chi connectivity index (χ0) is 13.4. The summed E-state index contributed by atoms with van der Waals surface area (Å²) in [4.78, 5) is 13.7. The number of benzene rings is 1. The van der Waals surface area contributed by atoms with E-state index in [1.807, 2.05) is 24.3 Å². The lowest BCUT2D eigenvalue weighted by molar-refractivity contribution is 0.101. The number of carbonyl (C=O) groups is 1. The summed E-state index contributed by atoms with van der Waals surface area (Å²) in [5.74, 6) is 0.113. The Bertz CT molecular complexity index is 373. The minimum Gasteiger partial charge on any atom is -0.385 e. The molecule has 0 radical (unpaired) electrons. The molecule has 1 aromatic carbocycles. The number of nitrogens with zero attached hydrogens (tertiary/aromatic N) is 1. The molecule has 0 aromatic heterocycles. The van der Waals surface area contributed by atoms with E-state index in [-0.39, 0.29) is 5.78 Å². The molecule has 0 saturated carbocycles. The molecule has 1 N–H and O–H groups in total. The summed E-state index contributed by atoms with van der Waals surface area (Å²) in [5.41, 5.74) is 1.80. The van der Waals surface area contributed by atoms with E-state index < -0.39 is 0 Å². The lowest BCUT2D eigenvalue weighted by atomic mass is 10.1. The lowest BCUT2D eigenvalue weighted by Crippen LogP contribution is -2.25. The van der Waals surface area contributed by atoms with Crippen LogP contribution in [0.4, 0.5) is 5.69 Å². The second-order valence-corrected chi connectivity index (χ2v) is 4.44. The van der Waals surface area contributed by atoms with Gasteiger partial charge in [0.15, 0.2) is 5.78 Å². The SMILES string of the molecule is CCN(CC)CCCNc1cccc(C(C)=O)c1. The quantitative estimate of drug-likeness (QED) is 0.567. The molecule has 0 spiro atoms.